The highest BCUT2D eigenvalue weighted by Crippen LogP contribution is 2.15. The van der Waals surface area contributed by atoms with Crippen LogP contribution in [0.4, 0.5) is 5.82 Å². The Balaban J connectivity index is 3.08. The van der Waals surface area contributed by atoms with Crippen LogP contribution in [0.2, 0.25) is 5.15 Å². The molecule has 13 heavy (non-hydrogen) atoms. The van der Waals surface area contributed by atoms with Crippen molar-refractivity contribution in [3.05, 3.63) is 22.8 Å². The largest absolute Gasteiger partial charge is 0.267 e. The molecule has 1 aromatic rings. The van der Waals surface area contributed by atoms with Gasteiger partial charge < -0.3 is 0 Å². The van der Waals surface area contributed by atoms with Gasteiger partial charge in [-0.05, 0) is 18.6 Å². The van der Waals surface area contributed by atoms with E-state index in [2.05, 4.69) is 9.71 Å². The molecule has 0 fully saturated rings. The number of sulfonamides is 1. The molecule has 0 unspecified atom stereocenters. The van der Waals surface area contributed by atoms with E-state index in [0.717, 1.165) is 11.8 Å². The minimum atomic E-state index is -3.29. The number of halogens is 1. The molecule has 0 spiro atoms. The van der Waals surface area contributed by atoms with E-state index in [1.165, 1.54) is 0 Å². The lowest BCUT2D eigenvalue weighted by Crippen LogP contribution is -2.11. The molecule has 0 aliphatic rings. The fourth-order valence-electron chi connectivity index (χ4n) is 0.784. The molecule has 0 aromatic carbocycles. The molecule has 1 N–H and O–H groups in total. The summed E-state index contributed by atoms with van der Waals surface area (Å²) >= 11 is 5.60. The molecule has 0 radical (unpaired) electrons. The lowest BCUT2D eigenvalue weighted by atomic mass is 10.3. The van der Waals surface area contributed by atoms with E-state index >= 15 is 0 Å². The number of nitrogens with one attached hydrogen (secondary N) is 1. The predicted octanol–water partition coefficient (Wildman–Crippen LogP) is 1.41. The summed E-state index contributed by atoms with van der Waals surface area (Å²) in [4.78, 5) is 3.83. The summed E-state index contributed by atoms with van der Waals surface area (Å²) < 4.78 is 24.0. The second-order valence-electron chi connectivity index (χ2n) is 2.67. The van der Waals surface area contributed by atoms with Crippen LogP contribution in [0.1, 0.15) is 5.56 Å². The number of pyridine rings is 1. The Kier molecular flexibility index (Phi) is 2.77. The van der Waals surface area contributed by atoms with Gasteiger partial charge in [0, 0.05) is 0 Å². The van der Waals surface area contributed by atoms with Crippen LogP contribution < -0.4 is 4.72 Å². The summed E-state index contributed by atoms with van der Waals surface area (Å²) in [5, 5.41) is 0.261. The number of rotatable bonds is 2. The average molecular weight is 221 g/mol. The van der Waals surface area contributed by atoms with Gasteiger partial charge in [0.05, 0.1) is 6.26 Å². The molecule has 4 nitrogen and oxygen atoms in total. The van der Waals surface area contributed by atoms with Gasteiger partial charge in [-0.2, -0.15) is 0 Å². The molecular formula is C7H9ClN2O2S. The van der Waals surface area contributed by atoms with Gasteiger partial charge in [0.1, 0.15) is 11.0 Å². The summed E-state index contributed by atoms with van der Waals surface area (Å²) in [6.07, 6.45) is 1.06. The highest BCUT2D eigenvalue weighted by molar-refractivity contribution is 7.92. The molecule has 1 heterocycles. The van der Waals surface area contributed by atoms with Crippen molar-refractivity contribution >= 4 is 27.4 Å². The Hall–Kier alpha value is -0.810. The van der Waals surface area contributed by atoms with Gasteiger partial charge in [-0.25, -0.2) is 13.4 Å². The fraction of sp³-hybridized carbons (Fsp3) is 0.286. The molecule has 0 amide bonds. The molecule has 6 heteroatoms. The molecule has 0 saturated carbocycles. The fourth-order valence-corrected chi connectivity index (χ4v) is 1.49. The first kappa shape index (κ1) is 10.3. The van der Waals surface area contributed by atoms with Crippen molar-refractivity contribution < 1.29 is 8.42 Å². The van der Waals surface area contributed by atoms with Gasteiger partial charge in [0.25, 0.3) is 0 Å². The quantitative estimate of drug-likeness (QED) is 0.767. The van der Waals surface area contributed by atoms with Crippen LogP contribution in [0.5, 0.6) is 0 Å². The van der Waals surface area contributed by atoms with Crippen molar-refractivity contribution in [1.82, 2.24) is 4.98 Å². The lowest BCUT2D eigenvalue weighted by Gasteiger charge is -2.05. The van der Waals surface area contributed by atoms with Crippen LogP contribution in [-0.4, -0.2) is 19.7 Å². The highest BCUT2D eigenvalue weighted by atomic mass is 35.5. The predicted molar refractivity (Wildman–Crippen MR) is 52.5 cm³/mol. The minimum Gasteiger partial charge on any atom is -0.267 e. The van der Waals surface area contributed by atoms with Gasteiger partial charge in [0.15, 0.2) is 0 Å². The maximum Gasteiger partial charge on any atom is 0.230 e. The molecule has 0 aliphatic heterocycles. The molecule has 0 aliphatic carbocycles. The molecule has 1 aromatic heterocycles. The number of nitrogens with zero attached hydrogens (tertiary/aromatic N) is 1. The molecule has 1 rings (SSSR count). The number of anilines is 1. The van der Waals surface area contributed by atoms with Gasteiger partial charge in [0.2, 0.25) is 10.0 Å². The van der Waals surface area contributed by atoms with Crippen LogP contribution in [0, 0.1) is 6.92 Å². The normalized spacial score (nSPS) is 11.3. The summed E-state index contributed by atoms with van der Waals surface area (Å²) in [6, 6.07) is 3.30. The van der Waals surface area contributed by atoms with E-state index in [1.54, 1.807) is 19.1 Å². The maximum absolute atomic E-state index is 10.9. The zero-order valence-electron chi connectivity index (χ0n) is 7.20. The van der Waals surface area contributed by atoms with Gasteiger partial charge in [-0.1, -0.05) is 17.7 Å². The Labute approximate surface area is 82.0 Å². The van der Waals surface area contributed by atoms with Crippen molar-refractivity contribution in [1.29, 1.82) is 0 Å². The van der Waals surface area contributed by atoms with Crippen molar-refractivity contribution in [2.24, 2.45) is 0 Å². The molecule has 0 saturated heterocycles. The average Bonchev–Trinajstić information content (AvgIpc) is 1.94. The van der Waals surface area contributed by atoms with Crippen molar-refractivity contribution in [3.63, 3.8) is 0 Å². The molecule has 72 valence electrons. The number of hydrogen-bond donors (Lipinski definition) is 1. The van der Waals surface area contributed by atoms with E-state index < -0.39 is 10.0 Å². The third-order valence-electron chi connectivity index (χ3n) is 1.35. The van der Waals surface area contributed by atoms with Crippen molar-refractivity contribution in [3.8, 4) is 0 Å². The maximum atomic E-state index is 10.9. The SMILES string of the molecule is Cc1ccc(Cl)nc1NS(C)(=O)=O. The van der Waals surface area contributed by atoms with Crippen LogP contribution in [0.3, 0.4) is 0 Å². The zero-order chi connectivity index (χ0) is 10.1. The van der Waals surface area contributed by atoms with Crippen LogP contribution >= 0.6 is 11.6 Å². The van der Waals surface area contributed by atoms with Crippen LogP contribution in [-0.2, 0) is 10.0 Å². The van der Waals surface area contributed by atoms with Crippen molar-refractivity contribution in [2.75, 3.05) is 11.0 Å². The summed E-state index contributed by atoms with van der Waals surface area (Å²) in [7, 11) is -3.29. The second kappa shape index (κ2) is 3.51. The smallest absolute Gasteiger partial charge is 0.230 e. The molecular weight excluding hydrogens is 212 g/mol. The minimum absolute atomic E-state index is 0.261. The summed E-state index contributed by atoms with van der Waals surface area (Å²) in [5.41, 5.74) is 0.731. The van der Waals surface area contributed by atoms with E-state index in [0.29, 0.717) is 0 Å². The van der Waals surface area contributed by atoms with Crippen LogP contribution in [0.15, 0.2) is 12.1 Å². The first-order valence-corrected chi connectivity index (χ1v) is 5.76. The summed E-state index contributed by atoms with van der Waals surface area (Å²) in [6.45, 7) is 1.75. The third-order valence-corrected chi connectivity index (χ3v) is 2.12. The Bertz CT molecular complexity index is 417. The molecule has 0 bridgehead atoms. The number of aryl methyl sites for hydroxylation is 1. The van der Waals surface area contributed by atoms with E-state index in [4.69, 9.17) is 11.6 Å². The first-order valence-electron chi connectivity index (χ1n) is 3.49. The van der Waals surface area contributed by atoms with Crippen molar-refractivity contribution in [2.45, 2.75) is 6.92 Å². The summed E-state index contributed by atoms with van der Waals surface area (Å²) in [5.74, 6) is 0.273. The Morgan fingerprint density at radius 3 is 2.62 bits per heavy atom. The van der Waals surface area contributed by atoms with Gasteiger partial charge >= 0.3 is 0 Å². The van der Waals surface area contributed by atoms with Gasteiger partial charge in [-0.3, -0.25) is 4.72 Å². The third kappa shape index (κ3) is 3.20. The standard InChI is InChI=1S/C7H9ClN2O2S/c1-5-3-4-6(8)9-7(5)10-13(2,11)12/h3-4H,1-2H3,(H,9,10). The zero-order valence-corrected chi connectivity index (χ0v) is 8.78. The topological polar surface area (TPSA) is 59.1 Å². The number of aromatic nitrogens is 1. The molecule has 0 atom stereocenters. The van der Waals surface area contributed by atoms with E-state index in [-0.39, 0.29) is 11.0 Å². The van der Waals surface area contributed by atoms with E-state index in [1.807, 2.05) is 0 Å². The number of hydrogen-bond acceptors (Lipinski definition) is 3. The first-order chi connectivity index (χ1) is 5.88. The van der Waals surface area contributed by atoms with Gasteiger partial charge in [-0.15, -0.1) is 0 Å². The monoisotopic (exact) mass is 220 g/mol. The Morgan fingerprint density at radius 1 is 1.46 bits per heavy atom. The van der Waals surface area contributed by atoms with E-state index in [9.17, 15) is 8.42 Å². The highest BCUT2D eigenvalue weighted by Gasteiger charge is 2.06. The Morgan fingerprint density at radius 2 is 2.08 bits per heavy atom. The lowest BCUT2D eigenvalue weighted by molar-refractivity contribution is 0.606. The second-order valence-corrected chi connectivity index (χ2v) is 4.81. The van der Waals surface area contributed by atoms with Crippen LogP contribution in [0.25, 0.3) is 0 Å².